The van der Waals surface area contributed by atoms with Gasteiger partial charge in [0.1, 0.15) is 0 Å². The fourth-order valence-electron chi connectivity index (χ4n) is 3.98. The Hall–Kier alpha value is -3.61. The van der Waals surface area contributed by atoms with Crippen LogP contribution in [0.2, 0.25) is 0 Å². The van der Waals surface area contributed by atoms with Crippen LogP contribution < -0.4 is 4.90 Å². The number of anilines is 1. The number of carbonyl (C=O) groups is 1. The maximum atomic E-state index is 11.3. The van der Waals surface area contributed by atoms with Gasteiger partial charge < -0.3 is 10.0 Å². The predicted octanol–water partition coefficient (Wildman–Crippen LogP) is 2.91. The fourth-order valence-corrected chi connectivity index (χ4v) is 3.98. The first-order valence-corrected chi connectivity index (χ1v) is 10.0. The van der Waals surface area contributed by atoms with Crippen LogP contribution in [0.4, 0.5) is 5.69 Å². The molecule has 2 aliphatic rings. The van der Waals surface area contributed by atoms with Gasteiger partial charge in [-0.25, -0.2) is 4.79 Å². The third-order valence-electron chi connectivity index (χ3n) is 5.66. The van der Waals surface area contributed by atoms with E-state index in [4.69, 9.17) is 5.26 Å². The van der Waals surface area contributed by atoms with Crippen LogP contribution in [0.25, 0.3) is 0 Å². The normalized spacial score (nSPS) is 18.8. The van der Waals surface area contributed by atoms with Gasteiger partial charge in [0.2, 0.25) is 0 Å². The van der Waals surface area contributed by atoms with Gasteiger partial charge in [-0.05, 0) is 43.2 Å². The molecular weight excluding hydrogens is 376 g/mol. The number of piperazine rings is 1. The number of benzene rings is 1. The molecule has 0 radical (unpaired) electrons. The number of nitrogens with zero attached hydrogens (tertiary/aromatic N) is 4. The van der Waals surface area contributed by atoms with Gasteiger partial charge in [0.05, 0.1) is 22.8 Å². The van der Waals surface area contributed by atoms with E-state index in [0.29, 0.717) is 17.2 Å². The van der Waals surface area contributed by atoms with Gasteiger partial charge in [-0.3, -0.25) is 9.88 Å². The van der Waals surface area contributed by atoms with Crippen LogP contribution in [0.15, 0.2) is 54.4 Å². The van der Waals surface area contributed by atoms with E-state index in [1.165, 1.54) is 18.5 Å². The highest BCUT2D eigenvalue weighted by atomic mass is 16.4. The SMILES string of the molecule is N#Cc1ccc(N2CCN([C@H]3C=C(C#Cc4cnccc4C(=O)O)CC3)CC2)cc1. The minimum atomic E-state index is -0.986. The average molecular weight is 398 g/mol. The maximum absolute atomic E-state index is 11.3. The highest BCUT2D eigenvalue weighted by Gasteiger charge is 2.25. The van der Waals surface area contributed by atoms with Crippen molar-refractivity contribution >= 4 is 11.7 Å². The minimum absolute atomic E-state index is 0.187. The summed E-state index contributed by atoms with van der Waals surface area (Å²) in [5, 5.41) is 18.2. The molecule has 0 unspecified atom stereocenters. The highest BCUT2D eigenvalue weighted by molar-refractivity contribution is 5.90. The predicted molar refractivity (Wildman–Crippen MR) is 114 cm³/mol. The summed E-state index contributed by atoms with van der Waals surface area (Å²) in [4.78, 5) is 20.1. The molecule has 0 amide bonds. The number of hydrogen-bond acceptors (Lipinski definition) is 5. The molecule has 150 valence electrons. The summed E-state index contributed by atoms with van der Waals surface area (Å²) in [7, 11) is 0. The van der Waals surface area contributed by atoms with Crippen molar-refractivity contribution in [2.75, 3.05) is 31.1 Å². The second-order valence-electron chi connectivity index (χ2n) is 7.46. The number of carboxylic acid groups (broad SMARTS) is 1. The van der Waals surface area contributed by atoms with Crippen LogP contribution in [0.5, 0.6) is 0 Å². The Labute approximate surface area is 176 Å². The first-order chi connectivity index (χ1) is 14.6. The molecule has 2 aromatic rings. The lowest BCUT2D eigenvalue weighted by molar-refractivity contribution is 0.0696. The Balaban J connectivity index is 1.37. The van der Waals surface area contributed by atoms with Crippen LogP contribution in [0, 0.1) is 23.2 Å². The first-order valence-electron chi connectivity index (χ1n) is 10.0. The lowest BCUT2D eigenvalue weighted by atomic mass is 10.1. The third kappa shape index (κ3) is 4.35. The summed E-state index contributed by atoms with van der Waals surface area (Å²) in [6.45, 7) is 3.87. The molecule has 6 heteroatoms. The van der Waals surface area contributed by atoms with Crippen molar-refractivity contribution in [3.8, 4) is 17.9 Å². The number of aromatic carboxylic acids is 1. The van der Waals surface area contributed by atoms with E-state index >= 15 is 0 Å². The Bertz CT molecular complexity index is 1060. The quantitative estimate of drug-likeness (QED) is 0.801. The zero-order valence-electron chi connectivity index (χ0n) is 16.6. The molecule has 1 saturated heterocycles. The molecule has 1 atom stereocenters. The molecule has 1 aromatic carbocycles. The van der Waals surface area contributed by atoms with E-state index < -0.39 is 5.97 Å². The number of hydrogen-bond donors (Lipinski definition) is 1. The number of rotatable bonds is 3. The van der Waals surface area contributed by atoms with Crippen molar-refractivity contribution in [3.05, 3.63) is 71.1 Å². The van der Waals surface area contributed by atoms with E-state index in [1.54, 1.807) is 0 Å². The number of pyridine rings is 1. The molecule has 1 aliphatic heterocycles. The molecule has 1 aromatic heterocycles. The molecule has 1 aliphatic carbocycles. The van der Waals surface area contributed by atoms with E-state index in [-0.39, 0.29) is 5.56 Å². The summed E-state index contributed by atoms with van der Waals surface area (Å²) >= 11 is 0. The molecule has 0 spiro atoms. The summed E-state index contributed by atoms with van der Waals surface area (Å²) in [5.41, 5.74) is 3.54. The van der Waals surface area contributed by atoms with Gasteiger partial charge in [-0.1, -0.05) is 17.9 Å². The van der Waals surface area contributed by atoms with Gasteiger partial charge in [0, 0.05) is 55.9 Å². The second kappa shape index (κ2) is 8.82. The Morgan fingerprint density at radius 3 is 2.57 bits per heavy atom. The highest BCUT2D eigenvalue weighted by Crippen LogP contribution is 2.25. The molecule has 4 rings (SSSR count). The monoisotopic (exact) mass is 398 g/mol. The Morgan fingerprint density at radius 2 is 1.87 bits per heavy atom. The minimum Gasteiger partial charge on any atom is -0.478 e. The van der Waals surface area contributed by atoms with Crippen molar-refractivity contribution in [2.24, 2.45) is 0 Å². The Morgan fingerprint density at radius 1 is 1.10 bits per heavy atom. The van der Waals surface area contributed by atoms with Crippen molar-refractivity contribution in [1.29, 1.82) is 5.26 Å². The largest absolute Gasteiger partial charge is 0.478 e. The third-order valence-corrected chi connectivity index (χ3v) is 5.66. The molecule has 6 nitrogen and oxygen atoms in total. The van der Waals surface area contributed by atoms with Gasteiger partial charge in [0.15, 0.2) is 0 Å². The van der Waals surface area contributed by atoms with Crippen molar-refractivity contribution in [3.63, 3.8) is 0 Å². The summed E-state index contributed by atoms with van der Waals surface area (Å²) in [6, 6.07) is 11.8. The smallest absolute Gasteiger partial charge is 0.337 e. The fraction of sp³-hybridized carbons (Fsp3) is 0.292. The standard InChI is InChI=1S/C24H22N4O2/c25-16-19-3-6-21(7-4-19)27-11-13-28(14-12-27)22-8-2-18(15-22)1-5-20-17-26-10-9-23(20)24(29)30/h3-4,6-7,9-10,15,17,22H,2,8,11-14H2,(H,29,30)/t22-/m1/s1. The molecule has 1 fully saturated rings. The van der Waals surface area contributed by atoms with E-state index in [2.05, 4.69) is 38.8 Å². The van der Waals surface area contributed by atoms with Gasteiger partial charge in [0.25, 0.3) is 0 Å². The number of nitriles is 1. The number of carboxylic acids is 1. The van der Waals surface area contributed by atoms with Crippen LogP contribution in [-0.4, -0.2) is 53.2 Å². The molecule has 1 N–H and O–H groups in total. The summed E-state index contributed by atoms with van der Waals surface area (Å²) in [6.07, 6.45) is 7.15. The van der Waals surface area contributed by atoms with Crippen molar-refractivity contribution < 1.29 is 9.90 Å². The summed E-state index contributed by atoms with van der Waals surface area (Å²) < 4.78 is 0. The van der Waals surface area contributed by atoms with Crippen molar-refractivity contribution in [1.82, 2.24) is 9.88 Å². The number of aromatic nitrogens is 1. The zero-order valence-corrected chi connectivity index (χ0v) is 16.6. The van der Waals surface area contributed by atoms with Crippen LogP contribution in [-0.2, 0) is 0 Å². The van der Waals surface area contributed by atoms with E-state index in [1.807, 2.05) is 24.3 Å². The van der Waals surface area contributed by atoms with Crippen LogP contribution >= 0.6 is 0 Å². The van der Waals surface area contributed by atoms with Gasteiger partial charge in [-0.15, -0.1) is 0 Å². The molecule has 30 heavy (non-hydrogen) atoms. The lowest BCUT2D eigenvalue weighted by Crippen LogP contribution is -2.49. The van der Waals surface area contributed by atoms with E-state index in [9.17, 15) is 9.90 Å². The summed E-state index contributed by atoms with van der Waals surface area (Å²) in [5.74, 6) is 5.15. The van der Waals surface area contributed by atoms with E-state index in [0.717, 1.165) is 50.3 Å². The number of allylic oxidation sites excluding steroid dienone is 1. The lowest BCUT2D eigenvalue weighted by Gasteiger charge is -2.38. The average Bonchev–Trinajstić information content (AvgIpc) is 3.27. The first kappa shape index (κ1) is 19.7. The van der Waals surface area contributed by atoms with Crippen LogP contribution in [0.3, 0.4) is 0 Å². The topological polar surface area (TPSA) is 80.5 Å². The maximum Gasteiger partial charge on any atom is 0.337 e. The molecule has 2 heterocycles. The zero-order chi connectivity index (χ0) is 20.9. The van der Waals surface area contributed by atoms with Crippen LogP contribution in [0.1, 0.15) is 34.3 Å². The van der Waals surface area contributed by atoms with Gasteiger partial charge >= 0.3 is 5.97 Å². The second-order valence-corrected chi connectivity index (χ2v) is 7.46. The molecule has 0 saturated carbocycles. The molecule has 0 bridgehead atoms. The Kier molecular flexibility index (Phi) is 5.79. The molecular formula is C24H22N4O2. The van der Waals surface area contributed by atoms with Gasteiger partial charge in [-0.2, -0.15) is 5.26 Å². The van der Waals surface area contributed by atoms with Crippen molar-refractivity contribution in [2.45, 2.75) is 18.9 Å².